The molecule has 0 saturated heterocycles. The fourth-order valence-electron chi connectivity index (χ4n) is 2.39. The second kappa shape index (κ2) is 7.88. The van der Waals surface area contributed by atoms with Crippen molar-refractivity contribution in [1.82, 2.24) is 15.8 Å². The van der Waals surface area contributed by atoms with E-state index in [0.29, 0.717) is 17.0 Å². The summed E-state index contributed by atoms with van der Waals surface area (Å²) in [6, 6.07) is 15.4. The van der Waals surface area contributed by atoms with Crippen molar-refractivity contribution in [2.75, 3.05) is 0 Å². The first-order chi connectivity index (χ1) is 12.5. The Morgan fingerprint density at radius 2 is 1.65 bits per heavy atom. The summed E-state index contributed by atoms with van der Waals surface area (Å²) in [6.45, 7) is 1.73. The van der Waals surface area contributed by atoms with E-state index in [0.717, 1.165) is 10.6 Å². The molecule has 0 atom stereocenters. The summed E-state index contributed by atoms with van der Waals surface area (Å²) < 4.78 is 13.6. The molecule has 1 aromatic heterocycles. The van der Waals surface area contributed by atoms with Crippen molar-refractivity contribution < 1.29 is 14.0 Å². The van der Waals surface area contributed by atoms with Crippen LogP contribution in [0.25, 0.3) is 0 Å². The van der Waals surface area contributed by atoms with E-state index in [-0.39, 0.29) is 5.56 Å². The Morgan fingerprint density at radius 1 is 1.00 bits per heavy atom. The molecule has 0 spiro atoms. The molecule has 3 aromatic rings. The van der Waals surface area contributed by atoms with Gasteiger partial charge in [0.25, 0.3) is 11.8 Å². The zero-order valence-electron chi connectivity index (χ0n) is 14.0. The third-order valence-electron chi connectivity index (χ3n) is 3.65. The number of thiazole rings is 1. The summed E-state index contributed by atoms with van der Waals surface area (Å²) in [5.74, 6) is -1.86. The molecule has 0 aliphatic rings. The number of aryl methyl sites for hydroxylation is 1. The molecule has 0 fully saturated rings. The van der Waals surface area contributed by atoms with Gasteiger partial charge in [-0.05, 0) is 24.6 Å². The summed E-state index contributed by atoms with van der Waals surface area (Å²) >= 11 is 1.26. The molecule has 0 bridgehead atoms. The number of hydrogen-bond acceptors (Lipinski definition) is 4. The van der Waals surface area contributed by atoms with Crippen molar-refractivity contribution in [2.24, 2.45) is 0 Å². The van der Waals surface area contributed by atoms with E-state index in [9.17, 15) is 14.0 Å². The number of carbonyl (C=O) groups is 2. The van der Waals surface area contributed by atoms with Crippen LogP contribution in [0.2, 0.25) is 0 Å². The largest absolute Gasteiger partial charge is 0.281 e. The third-order valence-corrected chi connectivity index (χ3v) is 4.81. The molecular weight excluding hydrogens is 353 g/mol. The van der Waals surface area contributed by atoms with Gasteiger partial charge in [0.2, 0.25) is 0 Å². The third kappa shape index (κ3) is 4.12. The molecule has 2 amide bonds. The molecule has 2 N–H and O–H groups in total. The number of aromatic nitrogens is 1. The molecule has 2 aromatic carbocycles. The minimum Gasteiger partial charge on any atom is -0.267 e. The maximum atomic E-state index is 13.6. The van der Waals surface area contributed by atoms with Gasteiger partial charge in [-0.3, -0.25) is 20.4 Å². The van der Waals surface area contributed by atoms with Gasteiger partial charge in [0, 0.05) is 6.42 Å². The lowest BCUT2D eigenvalue weighted by Crippen LogP contribution is -2.41. The molecule has 3 rings (SSSR count). The highest BCUT2D eigenvalue weighted by Crippen LogP contribution is 2.20. The van der Waals surface area contributed by atoms with Crippen molar-refractivity contribution in [3.63, 3.8) is 0 Å². The fourth-order valence-corrected chi connectivity index (χ4v) is 3.39. The Kier molecular flexibility index (Phi) is 5.38. The second-order valence-electron chi connectivity index (χ2n) is 5.57. The second-order valence-corrected chi connectivity index (χ2v) is 6.66. The molecule has 0 aliphatic carbocycles. The van der Waals surface area contributed by atoms with Crippen LogP contribution < -0.4 is 10.9 Å². The van der Waals surface area contributed by atoms with Crippen LogP contribution in [0.3, 0.4) is 0 Å². The number of hydrazine groups is 1. The standard InChI is InChI=1S/C19H16FN3O2S/c1-12-17(26-16(21-12)11-13-7-3-2-4-8-13)19(25)23-22-18(24)14-9-5-6-10-15(14)20/h2-10H,11H2,1H3,(H,22,24)(H,23,25). The van der Waals surface area contributed by atoms with Gasteiger partial charge in [-0.1, -0.05) is 42.5 Å². The molecule has 7 heteroatoms. The van der Waals surface area contributed by atoms with Crippen LogP contribution in [-0.4, -0.2) is 16.8 Å². The first-order valence-corrected chi connectivity index (χ1v) is 8.71. The highest BCUT2D eigenvalue weighted by atomic mass is 32.1. The van der Waals surface area contributed by atoms with Crippen LogP contribution in [-0.2, 0) is 6.42 Å². The van der Waals surface area contributed by atoms with Crippen molar-refractivity contribution in [2.45, 2.75) is 13.3 Å². The molecular formula is C19H16FN3O2S. The molecule has 0 aliphatic heterocycles. The quantitative estimate of drug-likeness (QED) is 0.694. The number of hydrogen-bond donors (Lipinski definition) is 2. The molecule has 0 saturated carbocycles. The minimum absolute atomic E-state index is 0.140. The normalized spacial score (nSPS) is 10.4. The van der Waals surface area contributed by atoms with E-state index >= 15 is 0 Å². The van der Waals surface area contributed by atoms with Crippen LogP contribution in [0.4, 0.5) is 4.39 Å². The summed E-state index contributed by atoms with van der Waals surface area (Å²) in [5.41, 5.74) is 6.07. The van der Waals surface area contributed by atoms with E-state index in [4.69, 9.17) is 0 Å². The number of carbonyl (C=O) groups excluding carboxylic acids is 2. The van der Waals surface area contributed by atoms with Gasteiger partial charge in [-0.2, -0.15) is 0 Å². The monoisotopic (exact) mass is 369 g/mol. The van der Waals surface area contributed by atoms with E-state index in [1.165, 1.54) is 29.5 Å². The van der Waals surface area contributed by atoms with Gasteiger partial charge in [-0.15, -0.1) is 11.3 Å². The predicted molar refractivity (Wildman–Crippen MR) is 97.4 cm³/mol. The topological polar surface area (TPSA) is 71.1 Å². The van der Waals surface area contributed by atoms with Gasteiger partial charge in [0.15, 0.2) is 0 Å². The van der Waals surface area contributed by atoms with Crippen LogP contribution in [0.15, 0.2) is 54.6 Å². The summed E-state index contributed by atoms with van der Waals surface area (Å²) in [5, 5.41) is 0.805. The average molecular weight is 369 g/mol. The zero-order chi connectivity index (χ0) is 18.5. The number of nitrogens with one attached hydrogen (secondary N) is 2. The summed E-state index contributed by atoms with van der Waals surface area (Å²) in [6.07, 6.45) is 0.626. The summed E-state index contributed by atoms with van der Waals surface area (Å²) in [7, 11) is 0. The highest BCUT2D eigenvalue weighted by molar-refractivity contribution is 7.13. The Morgan fingerprint density at radius 3 is 2.38 bits per heavy atom. The average Bonchev–Trinajstić information content (AvgIpc) is 3.01. The molecule has 5 nitrogen and oxygen atoms in total. The Hall–Kier alpha value is -3.06. The van der Waals surface area contributed by atoms with E-state index in [1.807, 2.05) is 30.3 Å². The first kappa shape index (κ1) is 17.8. The van der Waals surface area contributed by atoms with Crippen molar-refractivity contribution in [1.29, 1.82) is 0 Å². The number of amides is 2. The van der Waals surface area contributed by atoms with Crippen molar-refractivity contribution >= 4 is 23.2 Å². The molecule has 0 unspecified atom stereocenters. The highest BCUT2D eigenvalue weighted by Gasteiger charge is 2.17. The maximum absolute atomic E-state index is 13.6. The molecule has 0 radical (unpaired) electrons. The van der Waals surface area contributed by atoms with Gasteiger partial charge in [0.05, 0.1) is 16.3 Å². The lowest BCUT2D eigenvalue weighted by atomic mass is 10.2. The number of nitrogens with zero attached hydrogens (tertiary/aromatic N) is 1. The Balaban J connectivity index is 1.65. The number of benzene rings is 2. The van der Waals surface area contributed by atoms with Gasteiger partial charge in [-0.25, -0.2) is 9.37 Å². The van der Waals surface area contributed by atoms with Crippen LogP contribution >= 0.6 is 11.3 Å². The number of rotatable bonds is 4. The smallest absolute Gasteiger partial charge is 0.267 e. The molecule has 132 valence electrons. The summed E-state index contributed by atoms with van der Waals surface area (Å²) in [4.78, 5) is 29.1. The minimum atomic E-state index is -0.719. The van der Waals surface area contributed by atoms with Crippen LogP contribution in [0.5, 0.6) is 0 Å². The molecule has 1 heterocycles. The van der Waals surface area contributed by atoms with Gasteiger partial charge < -0.3 is 0 Å². The predicted octanol–water partition coefficient (Wildman–Crippen LogP) is 3.26. The lowest BCUT2D eigenvalue weighted by molar-refractivity contribution is 0.0846. The van der Waals surface area contributed by atoms with E-state index < -0.39 is 17.6 Å². The maximum Gasteiger partial charge on any atom is 0.281 e. The van der Waals surface area contributed by atoms with Gasteiger partial charge >= 0.3 is 0 Å². The zero-order valence-corrected chi connectivity index (χ0v) is 14.8. The fraction of sp³-hybridized carbons (Fsp3) is 0.105. The van der Waals surface area contributed by atoms with Crippen LogP contribution in [0, 0.1) is 12.7 Å². The molecule has 26 heavy (non-hydrogen) atoms. The lowest BCUT2D eigenvalue weighted by Gasteiger charge is -2.07. The van der Waals surface area contributed by atoms with Crippen molar-refractivity contribution in [3.05, 3.63) is 87.1 Å². The number of halogens is 1. The van der Waals surface area contributed by atoms with E-state index in [1.54, 1.807) is 13.0 Å². The van der Waals surface area contributed by atoms with E-state index in [2.05, 4.69) is 15.8 Å². The van der Waals surface area contributed by atoms with Crippen molar-refractivity contribution in [3.8, 4) is 0 Å². The Bertz CT molecular complexity index is 941. The SMILES string of the molecule is Cc1nc(Cc2ccccc2)sc1C(=O)NNC(=O)c1ccccc1F. The first-order valence-electron chi connectivity index (χ1n) is 7.90. The Labute approximate surface area is 153 Å². The van der Waals surface area contributed by atoms with Crippen LogP contribution in [0.1, 0.15) is 36.3 Å². The van der Waals surface area contributed by atoms with Gasteiger partial charge in [0.1, 0.15) is 10.7 Å².